The maximum absolute atomic E-state index is 12.3. The van der Waals surface area contributed by atoms with Crippen molar-refractivity contribution in [3.05, 3.63) is 56.6 Å². The van der Waals surface area contributed by atoms with Gasteiger partial charge in [0.2, 0.25) is 5.91 Å². The van der Waals surface area contributed by atoms with Gasteiger partial charge < -0.3 is 14.8 Å². The molecule has 0 aliphatic carbocycles. The molecule has 27 heavy (non-hydrogen) atoms. The lowest BCUT2D eigenvalue weighted by Crippen LogP contribution is -2.24. The molecule has 2 aromatic rings. The second kappa shape index (κ2) is 7.84. The summed E-state index contributed by atoms with van der Waals surface area (Å²) < 4.78 is 11.3. The molecule has 0 bridgehead atoms. The first kappa shape index (κ1) is 19.0. The number of anilines is 1. The highest BCUT2D eigenvalue weighted by molar-refractivity contribution is 6.31. The number of hydrogen-bond acceptors (Lipinski definition) is 5. The SMILES string of the molecule is CCOc1cc2c(cc1OCC)[C@H](c1cc([N+](=O)[O-])ccc1Cl)CC(=O)N2. The molecule has 1 aliphatic rings. The third-order valence-corrected chi connectivity index (χ3v) is 4.66. The van der Waals surface area contributed by atoms with E-state index in [9.17, 15) is 14.9 Å². The number of carbonyl (C=O) groups excluding carboxylic acids is 1. The van der Waals surface area contributed by atoms with Crippen LogP contribution in [0.15, 0.2) is 30.3 Å². The van der Waals surface area contributed by atoms with E-state index >= 15 is 0 Å². The van der Waals surface area contributed by atoms with Crippen molar-refractivity contribution in [2.45, 2.75) is 26.2 Å². The van der Waals surface area contributed by atoms with Crippen LogP contribution in [0.25, 0.3) is 0 Å². The first-order valence-corrected chi connectivity index (χ1v) is 8.99. The molecule has 1 heterocycles. The van der Waals surface area contributed by atoms with Crippen molar-refractivity contribution in [1.29, 1.82) is 0 Å². The number of non-ortho nitro benzene ring substituents is 1. The number of hydrogen-bond donors (Lipinski definition) is 1. The lowest BCUT2D eigenvalue weighted by molar-refractivity contribution is -0.384. The lowest BCUT2D eigenvalue weighted by Gasteiger charge is -2.28. The molecular weight excluding hydrogens is 372 g/mol. The quantitative estimate of drug-likeness (QED) is 0.578. The number of halogens is 1. The summed E-state index contributed by atoms with van der Waals surface area (Å²) in [4.78, 5) is 22.9. The number of nitrogens with zero attached hydrogens (tertiary/aromatic N) is 1. The Balaban J connectivity index is 2.15. The Bertz CT molecular complexity index is 900. The average Bonchev–Trinajstić information content (AvgIpc) is 2.62. The van der Waals surface area contributed by atoms with E-state index in [2.05, 4.69) is 5.32 Å². The Kier molecular flexibility index (Phi) is 5.51. The zero-order chi connectivity index (χ0) is 19.6. The topological polar surface area (TPSA) is 90.7 Å². The zero-order valence-electron chi connectivity index (χ0n) is 15.0. The van der Waals surface area contributed by atoms with Crippen LogP contribution in [-0.2, 0) is 4.79 Å². The van der Waals surface area contributed by atoms with Crippen molar-refractivity contribution in [2.75, 3.05) is 18.5 Å². The Labute approximate surface area is 161 Å². The summed E-state index contributed by atoms with van der Waals surface area (Å²) in [5.74, 6) is 0.475. The predicted octanol–water partition coefficient (Wildman–Crippen LogP) is 4.52. The number of nitro benzene ring substituents is 1. The van der Waals surface area contributed by atoms with Crippen LogP contribution in [0, 0.1) is 10.1 Å². The van der Waals surface area contributed by atoms with E-state index in [1.54, 1.807) is 6.07 Å². The van der Waals surface area contributed by atoms with Gasteiger partial charge in [-0.3, -0.25) is 14.9 Å². The molecule has 1 atom stereocenters. The standard InChI is InChI=1S/C19H19ClN2O5/c1-3-26-17-8-14-12(13-7-11(22(24)25)5-6-15(13)20)9-19(23)21-16(14)10-18(17)27-4-2/h5-8,10,12H,3-4,9H2,1-2H3,(H,21,23)/t12-/m0/s1. The summed E-state index contributed by atoms with van der Waals surface area (Å²) in [7, 11) is 0. The summed E-state index contributed by atoms with van der Waals surface area (Å²) in [5.41, 5.74) is 1.83. The molecule has 0 radical (unpaired) electrons. The maximum Gasteiger partial charge on any atom is 0.269 e. The third-order valence-electron chi connectivity index (χ3n) is 4.32. The van der Waals surface area contributed by atoms with Crippen LogP contribution in [0.4, 0.5) is 11.4 Å². The van der Waals surface area contributed by atoms with Crippen LogP contribution in [0.1, 0.15) is 37.3 Å². The minimum atomic E-state index is -0.479. The van der Waals surface area contributed by atoms with Gasteiger partial charge in [-0.1, -0.05) is 11.6 Å². The molecule has 1 N–H and O–H groups in total. The molecule has 3 rings (SSSR count). The molecule has 7 nitrogen and oxygen atoms in total. The molecule has 0 fully saturated rings. The van der Waals surface area contributed by atoms with E-state index < -0.39 is 10.8 Å². The maximum atomic E-state index is 12.3. The number of amides is 1. The molecule has 0 saturated heterocycles. The second-order valence-corrected chi connectivity index (χ2v) is 6.43. The Morgan fingerprint density at radius 3 is 2.44 bits per heavy atom. The smallest absolute Gasteiger partial charge is 0.269 e. The van der Waals surface area contributed by atoms with Crippen molar-refractivity contribution in [2.24, 2.45) is 0 Å². The van der Waals surface area contributed by atoms with Crippen molar-refractivity contribution in [1.82, 2.24) is 0 Å². The molecule has 0 spiro atoms. The Hall–Kier alpha value is -2.80. The fraction of sp³-hybridized carbons (Fsp3) is 0.316. The van der Waals surface area contributed by atoms with Gasteiger partial charge in [-0.05, 0) is 37.1 Å². The second-order valence-electron chi connectivity index (χ2n) is 6.02. The van der Waals surface area contributed by atoms with Crippen LogP contribution >= 0.6 is 11.6 Å². The summed E-state index contributed by atoms with van der Waals surface area (Å²) in [6.45, 7) is 4.63. The van der Waals surface area contributed by atoms with Crippen molar-refractivity contribution < 1.29 is 19.2 Å². The number of rotatable bonds is 6. The number of fused-ring (bicyclic) bond motifs is 1. The van der Waals surface area contributed by atoms with Gasteiger partial charge in [0.05, 0.1) is 18.1 Å². The molecular formula is C19H19ClN2O5. The van der Waals surface area contributed by atoms with Gasteiger partial charge in [0, 0.05) is 41.2 Å². The van der Waals surface area contributed by atoms with Gasteiger partial charge in [0.1, 0.15) is 0 Å². The predicted molar refractivity (Wildman–Crippen MR) is 102 cm³/mol. The van der Waals surface area contributed by atoms with Crippen LogP contribution in [0.2, 0.25) is 5.02 Å². The molecule has 142 valence electrons. The summed E-state index contributed by atoms with van der Waals surface area (Å²) in [6.07, 6.45) is 0.132. The average molecular weight is 391 g/mol. The van der Waals surface area contributed by atoms with E-state index in [1.807, 2.05) is 19.9 Å². The number of nitrogens with one attached hydrogen (secondary N) is 1. The molecule has 1 aliphatic heterocycles. The van der Waals surface area contributed by atoms with Gasteiger partial charge in [-0.25, -0.2) is 0 Å². The van der Waals surface area contributed by atoms with Crippen LogP contribution in [-0.4, -0.2) is 24.0 Å². The highest BCUT2D eigenvalue weighted by Crippen LogP contribution is 2.45. The monoisotopic (exact) mass is 390 g/mol. The van der Waals surface area contributed by atoms with Crippen molar-refractivity contribution in [3.63, 3.8) is 0 Å². The van der Waals surface area contributed by atoms with Crippen molar-refractivity contribution in [3.8, 4) is 11.5 Å². The highest BCUT2D eigenvalue weighted by Gasteiger charge is 2.31. The molecule has 1 amide bonds. The first-order valence-electron chi connectivity index (χ1n) is 8.61. The molecule has 0 unspecified atom stereocenters. The van der Waals surface area contributed by atoms with Gasteiger partial charge in [-0.2, -0.15) is 0 Å². The summed E-state index contributed by atoms with van der Waals surface area (Å²) in [6, 6.07) is 7.78. The minimum Gasteiger partial charge on any atom is -0.490 e. The van der Waals surface area contributed by atoms with E-state index in [0.717, 1.165) is 5.56 Å². The third kappa shape index (κ3) is 3.83. The van der Waals surface area contributed by atoms with E-state index in [-0.39, 0.29) is 18.0 Å². The minimum absolute atomic E-state index is 0.0714. The number of benzene rings is 2. The van der Waals surface area contributed by atoms with Gasteiger partial charge in [0.25, 0.3) is 5.69 Å². The number of ether oxygens (including phenoxy) is 2. The zero-order valence-corrected chi connectivity index (χ0v) is 15.7. The molecule has 2 aromatic carbocycles. The van der Waals surface area contributed by atoms with Crippen LogP contribution in [0.5, 0.6) is 11.5 Å². The molecule has 0 saturated carbocycles. The Morgan fingerprint density at radius 2 is 1.81 bits per heavy atom. The van der Waals surface area contributed by atoms with Crippen LogP contribution in [0.3, 0.4) is 0 Å². The largest absolute Gasteiger partial charge is 0.490 e. The van der Waals surface area contributed by atoms with Crippen LogP contribution < -0.4 is 14.8 Å². The normalized spacial score (nSPS) is 15.7. The summed E-state index contributed by atoms with van der Waals surface area (Å²) >= 11 is 6.32. The number of carbonyl (C=O) groups is 1. The van der Waals surface area contributed by atoms with E-state index in [0.29, 0.717) is 41.0 Å². The first-order chi connectivity index (χ1) is 12.9. The van der Waals surface area contributed by atoms with Crippen molar-refractivity contribution >= 4 is 28.9 Å². The fourth-order valence-electron chi connectivity index (χ4n) is 3.19. The van der Waals surface area contributed by atoms with Gasteiger partial charge in [0.15, 0.2) is 11.5 Å². The highest BCUT2D eigenvalue weighted by atomic mass is 35.5. The molecule has 0 aromatic heterocycles. The van der Waals surface area contributed by atoms with Gasteiger partial charge >= 0.3 is 0 Å². The fourth-order valence-corrected chi connectivity index (χ4v) is 3.44. The van der Waals surface area contributed by atoms with Gasteiger partial charge in [-0.15, -0.1) is 0 Å². The van der Waals surface area contributed by atoms with E-state index in [1.165, 1.54) is 18.2 Å². The molecule has 8 heteroatoms. The summed E-state index contributed by atoms with van der Waals surface area (Å²) in [5, 5.41) is 14.4. The number of nitro groups is 1. The lowest BCUT2D eigenvalue weighted by atomic mass is 9.84. The Morgan fingerprint density at radius 1 is 1.15 bits per heavy atom. The van der Waals surface area contributed by atoms with E-state index in [4.69, 9.17) is 21.1 Å².